The second kappa shape index (κ2) is 7.83. The number of hydrogen-bond donors (Lipinski definition) is 2. The fourth-order valence-electron chi connectivity index (χ4n) is 2.03. The molecule has 0 radical (unpaired) electrons. The molecule has 0 aliphatic rings. The number of carbonyl (C=O) groups is 2. The molecule has 0 heterocycles. The molecule has 7 heteroatoms. The molecule has 132 valence electrons. The topological polar surface area (TPSA) is 58.2 Å². The Labute approximate surface area is 143 Å². The van der Waals surface area contributed by atoms with Gasteiger partial charge in [-0.15, -0.1) is 0 Å². The lowest BCUT2D eigenvalue weighted by molar-refractivity contribution is 0.0939. The molecule has 2 rings (SSSR count). The Morgan fingerprint density at radius 3 is 2.28 bits per heavy atom. The number of hydrogen-bond acceptors (Lipinski definition) is 2. The molecule has 0 spiro atoms. The van der Waals surface area contributed by atoms with Gasteiger partial charge in [0.25, 0.3) is 11.8 Å². The Balaban J connectivity index is 2.19. The minimum absolute atomic E-state index is 0.0266. The highest BCUT2D eigenvalue weighted by Crippen LogP contribution is 2.20. The van der Waals surface area contributed by atoms with Gasteiger partial charge in [0.05, 0.1) is 5.69 Å². The van der Waals surface area contributed by atoms with E-state index in [2.05, 4.69) is 10.6 Å². The van der Waals surface area contributed by atoms with Crippen LogP contribution in [0.2, 0.25) is 0 Å². The third-order valence-corrected chi connectivity index (χ3v) is 3.66. The van der Waals surface area contributed by atoms with Gasteiger partial charge in [0.2, 0.25) is 0 Å². The number of rotatable bonds is 5. The van der Waals surface area contributed by atoms with Gasteiger partial charge in [0.1, 0.15) is 0 Å². The van der Waals surface area contributed by atoms with Crippen LogP contribution in [0.1, 0.15) is 41.0 Å². The van der Waals surface area contributed by atoms with Crippen LogP contribution in [0.3, 0.4) is 0 Å². The number of nitrogens with one attached hydrogen (secondary N) is 2. The zero-order valence-corrected chi connectivity index (χ0v) is 13.7. The summed E-state index contributed by atoms with van der Waals surface area (Å²) in [5.41, 5.74) is -0.141. The van der Waals surface area contributed by atoms with Crippen LogP contribution in [0.15, 0.2) is 36.4 Å². The molecule has 0 aromatic heterocycles. The van der Waals surface area contributed by atoms with E-state index in [1.165, 1.54) is 24.3 Å². The van der Waals surface area contributed by atoms with Crippen molar-refractivity contribution in [1.82, 2.24) is 5.32 Å². The quantitative estimate of drug-likeness (QED) is 0.804. The third kappa shape index (κ3) is 4.37. The van der Waals surface area contributed by atoms with Gasteiger partial charge in [0.15, 0.2) is 17.5 Å². The van der Waals surface area contributed by atoms with Crippen molar-refractivity contribution < 1.29 is 22.8 Å². The molecule has 0 bridgehead atoms. The maximum atomic E-state index is 13.6. The fourth-order valence-corrected chi connectivity index (χ4v) is 2.03. The minimum atomic E-state index is -1.67. The average Bonchev–Trinajstić information content (AvgIpc) is 2.62. The fraction of sp³-hybridized carbons (Fsp3) is 0.222. The van der Waals surface area contributed by atoms with Gasteiger partial charge in [-0.2, -0.15) is 0 Å². The van der Waals surface area contributed by atoms with E-state index in [0.29, 0.717) is 6.07 Å². The van der Waals surface area contributed by atoms with E-state index in [9.17, 15) is 22.8 Å². The smallest absolute Gasteiger partial charge is 0.255 e. The van der Waals surface area contributed by atoms with Crippen LogP contribution < -0.4 is 10.6 Å². The maximum absolute atomic E-state index is 13.6. The van der Waals surface area contributed by atoms with Gasteiger partial charge in [-0.1, -0.05) is 13.0 Å². The zero-order valence-electron chi connectivity index (χ0n) is 13.7. The van der Waals surface area contributed by atoms with Gasteiger partial charge in [-0.25, -0.2) is 13.2 Å². The lowest BCUT2D eigenvalue weighted by atomic mass is 10.1. The Bertz CT molecular complexity index is 809. The monoisotopic (exact) mass is 350 g/mol. The van der Waals surface area contributed by atoms with Crippen molar-refractivity contribution in [3.05, 3.63) is 65.0 Å². The molecule has 1 atom stereocenters. The summed E-state index contributed by atoms with van der Waals surface area (Å²) in [7, 11) is 0. The van der Waals surface area contributed by atoms with E-state index in [4.69, 9.17) is 0 Å². The minimum Gasteiger partial charge on any atom is -0.350 e. The van der Waals surface area contributed by atoms with Gasteiger partial charge < -0.3 is 10.6 Å². The van der Waals surface area contributed by atoms with Crippen molar-refractivity contribution in [3.8, 4) is 0 Å². The molecular formula is C18H17F3N2O2. The van der Waals surface area contributed by atoms with E-state index in [-0.39, 0.29) is 23.1 Å². The Morgan fingerprint density at radius 1 is 1.00 bits per heavy atom. The van der Waals surface area contributed by atoms with Crippen LogP contribution in [0.25, 0.3) is 0 Å². The summed E-state index contributed by atoms with van der Waals surface area (Å²) in [5, 5.41) is 4.92. The highest BCUT2D eigenvalue weighted by Gasteiger charge is 2.17. The van der Waals surface area contributed by atoms with Gasteiger partial charge in [0, 0.05) is 17.2 Å². The summed E-state index contributed by atoms with van der Waals surface area (Å²) >= 11 is 0. The molecular weight excluding hydrogens is 333 g/mol. The summed E-state index contributed by atoms with van der Waals surface area (Å²) in [6.45, 7) is 3.77. The van der Waals surface area contributed by atoms with E-state index >= 15 is 0 Å². The van der Waals surface area contributed by atoms with Crippen LogP contribution in [-0.4, -0.2) is 17.9 Å². The van der Waals surface area contributed by atoms with Crippen LogP contribution in [-0.2, 0) is 0 Å². The van der Waals surface area contributed by atoms with Gasteiger partial charge >= 0.3 is 0 Å². The van der Waals surface area contributed by atoms with E-state index in [1.54, 1.807) is 0 Å². The Hall–Kier alpha value is -2.83. The second-order valence-corrected chi connectivity index (χ2v) is 5.54. The van der Waals surface area contributed by atoms with Crippen molar-refractivity contribution in [2.75, 3.05) is 5.32 Å². The summed E-state index contributed by atoms with van der Waals surface area (Å²) in [6, 6.07) is 7.41. The summed E-state index contributed by atoms with van der Waals surface area (Å²) in [6.07, 6.45) is 0.751. The Morgan fingerprint density at radius 2 is 1.64 bits per heavy atom. The molecule has 1 unspecified atom stereocenters. The van der Waals surface area contributed by atoms with E-state index < -0.39 is 29.0 Å². The first kappa shape index (κ1) is 18.5. The molecule has 2 amide bonds. The largest absolute Gasteiger partial charge is 0.350 e. The van der Waals surface area contributed by atoms with Crippen molar-refractivity contribution in [2.24, 2.45) is 0 Å². The predicted octanol–water partition coefficient (Wildman–Crippen LogP) is 3.88. The van der Waals surface area contributed by atoms with Crippen LogP contribution in [0.4, 0.5) is 18.9 Å². The standard InChI is InChI=1S/C18H17F3N2O2/c1-3-10(2)22-17(24)11-5-4-6-12(9-11)18(25)23-14-8-7-13(19)15(20)16(14)21/h4-10H,3H2,1-2H3,(H,22,24)(H,23,25). The summed E-state index contributed by atoms with van der Waals surface area (Å²) < 4.78 is 39.8. The molecule has 25 heavy (non-hydrogen) atoms. The van der Waals surface area contributed by atoms with Gasteiger partial charge in [-0.3, -0.25) is 9.59 Å². The SMILES string of the molecule is CCC(C)NC(=O)c1cccc(C(=O)Nc2ccc(F)c(F)c2F)c1. The van der Waals surface area contributed by atoms with Gasteiger partial charge in [-0.05, 0) is 43.7 Å². The van der Waals surface area contributed by atoms with Crippen molar-refractivity contribution in [1.29, 1.82) is 0 Å². The third-order valence-electron chi connectivity index (χ3n) is 3.66. The highest BCUT2D eigenvalue weighted by molar-refractivity contribution is 6.06. The molecule has 0 saturated heterocycles. The average molecular weight is 350 g/mol. The molecule has 0 aliphatic carbocycles. The number of halogens is 3. The van der Waals surface area contributed by atoms with Crippen LogP contribution in [0.5, 0.6) is 0 Å². The maximum Gasteiger partial charge on any atom is 0.255 e. The first-order valence-electron chi connectivity index (χ1n) is 7.69. The summed E-state index contributed by atoms with van der Waals surface area (Å²) in [4.78, 5) is 24.3. The first-order chi connectivity index (χ1) is 11.8. The molecule has 2 aromatic rings. The highest BCUT2D eigenvalue weighted by atomic mass is 19.2. The number of benzene rings is 2. The predicted molar refractivity (Wildman–Crippen MR) is 87.9 cm³/mol. The normalized spacial score (nSPS) is 11.7. The number of amides is 2. The van der Waals surface area contributed by atoms with Crippen LogP contribution >= 0.6 is 0 Å². The lowest BCUT2D eigenvalue weighted by Gasteiger charge is -2.12. The van der Waals surface area contributed by atoms with Crippen LogP contribution in [0, 0.1) is 17.5 Å². The molecule has 4 nitrogen and oxygen atoms in total. The molecule has 0 saturated carbocycles. The molecule has 2 aromatic carbocycles. The second-order valence-electron chi connectivity index (χ2n) is 5.54. The summed E-state index contributed by atoms with van der Waals surface area (Å²) in [5.74, 6) is -5.59. The van der Waals surface area contributed by atoms with E-state index in [1.807, 2.05) is 13.8 Å². The zero-order chi connectivity index (χ0) is 18.6. The molecule has 0 fully saturated rings. The van der Waals surface area contributed by atoms with Crippen molar-refractivity contribution >= 4 is 17.5 Å². The Kier molecular flexibility index (Phi) is 5.80. The van der Waals surface area contributed by atoms with Crippen molar-refractivity contribution in [3.63, 3.8) is 0 Å². The number of carbonyl (C=O) groups excluding carboxylic acids is 2. The van der Waals surface area contributed by atoms with E-state index in [0.717, 1.165) is 12.5 Å². The lowest BCUT2D eigenvalue weighted by Crippen LogP contribution is -2.32. The van der Waals surface area contributed by atoms with Crippen molar-refractivity contribution in [2.45, 2.75) is 26.3 Å². The number of anilines is 1. The first-order valence-corrected chi connectivity index (χ1v) is 7.69. The molecule has 0 aliphatic heterocycles. The molecule has 2 N–H and O–H groups in total.